The monoisotopic (exact) mass is 467 g/mol. The Bertz CT molecular complexity index is 1170. The van der Waals surface area contributed by atoms with E-state index in [0.29, 0.717) is 24.5 Å². The highest BCUT2D eigenvalue weighted by Crippen LogP contribution is 2.49. The molecule has 2 aliphatic rings. The number of carbonyl (C=O) groups excluding carboxylic acids is 2. The van der Waals surface area contributed by atoms with Gasteiger partial charge in [-0.3, -0.25) is 14.5 Å². The predicted octanol–water partition coefficient (Wildman–Crippen LogP) is 4.98. The van der Waals surface area contributed by atoms with Crippen molar-refractivity contribution < 1.29 is 19.1 Å². The molecule has 3 aromatic carbocycles. The Hall–Kier alpha value is -3.86. The van der Waals surface area contributed by atoms with Gasteiger partial charge in [0.2, 0.25) is 11.8 Å². The molecule has 0 spiro atoms. The van der Waals surface area contributed by atoms with Crippen molar-refractivity contribution in [3.63, 3.8) is 0 Å². The fourth-order valence-electron chi connectivity index (χ4n) is 5.49. The topological polar surface area (TPSA) is 55.8 Å². The second kappa shape index (κ2) is 9.79. The number of carbonyl (C=O) groups is 2. The molecule has 5 nitrogen and oxygen atoms in total. The molecule has 2 amide bonds. The maximum Gasteiger partial charge on any atom is 0.234 e. The molecule has 178 valence electrons. The molecule has 1 aliphatic carbocycles. The highest BCUT2D eigenvalue weighted by Gasteiger charge is 2.54. The van der Waals surface area contributed by atoms with Crippen LogP contribution in [0.5, 0.6) is 11.5 Å². The third-order valence-corrected chi connectivity index (χ3v) is 7.23. The fourth-order valence-corrected chi connectivity index (χ4v) is 5.49. The Labute approximate surface area is 206 Å². The van der Waals surface area contributed by atoms with E-state index in [0.717, 1.165) is 16.7 Å². The van der Waals surface area contributed by atoms with Crippen molar-refractivity contribution in [3.8, 4) is 11.5 Å². The van der Waals surface area contributed by atoms with Crippen molar-refractivity contribution in [2.24, 2.45) is 11.8 Å². The fraction of sp³-hybridized carbons (Fsp3) is 0.267. The van der Waals surface area contributed by atoms with Gasteiger partial charge >= 0.3 is 0 Å². The Balaban J connectivity index is 1.45. The zero-order chi connectivity index (χ0) is 24.4. The SMILES string of the molecule is COc1ccc(CCN2C(=O)[C@@H]3[C@@H](C2=O)[C@@H](c2ccccc2)C=C[C@@H]3c2ccccc2)cc1OC. The predicted molar refractivity (Wildman–Crippen MR) is 134 cm³/mol. The molecule has 0 N–H and O–H groups in total. The molecule has 35 heavy (non-hydrogen) atoms. The molecular weight excluding hydrogens is 438 g/mol. The van der Waals surface area contributed by atoms with Crippen molar-refractivity contribution in [1.82, 2.24) is 4.90 Å². The number of nitrogens with zero attached hydrogens (tertiary/aromatic N) is 1. The number of amides is 2. The van der Waals surface area contributed by atoms with E-state index in [1.807, 2.05) is 78.9 Å². The van der Waals surface area contributed by atoms with Gasteiger partial charge in [-0.15, -0.1) is 0 Å². The van der Waals surface area contributed by atoms with E-state index in [9.17, 15) is 9.59 Å². The maximum atomic E-state index is 13.8. The highest BCUT2D eigenvalue weighted by atomic mass is 16.5. The van der Waals surface area contributed by atoms with Crippen LogP contribution in [0, 0.1) is 11.8 Å². The first-order valence-electron chi connectivity index (χ1n) is 12.0. The van der Waals surface area contributed by atoms with Gasteiger partial charge in [-0.1, -0.05) is 78.9 Å². The molecule has 0 bridgehead atoms. The standard InChI is InChI=1S/C30H29NO4/c1-34-25-16-13-20(19-26(25)35-2)17-18-31-29(32)27-23(21-9-5-3-6-10-21)14-15-24(28(27)30(31)33)22-11-7-4-8-12-22/h3-16,19,23-24,27-28H,17-18H2,1-2H3/t23-,24-,27+,28+/m1/s1. The summed E-state index contributed by atoms with van der Waals surface area (Å²) in [5.74, 6) is 0.0518. The number of imide groups is 1. The summed E-state index contributed by atoms with van der Waals surface area (Å²) in [5, 5.41) is 0. The number of likely N-dealkylation sites (tertiary alicyclic amines) is 1. The summed E-state index contributed by atoms with van der Waals surface area (Å²) in [5.41, 5.74) is 3.11. The number of hydrogen-bond donors (Lipinski definition) is 0. The van der Waals surface area contributed by atoms with Crippen LogP contribution in [0.4, 0.5) is 0 Å². The summed E-state index contributed by atoms with van der Waals surface area (Å²) in [6.45, 7) is 0.336. The Morgan fingerprint density at radius 3 is 1.69 bits per heavy atom. The van der Waals surface area contributed by atoms with Gasteiger partial charge in [0, 0.05) is 18.4 Å². The van der Waals surface area contributed by atoms with E-state index in [4.69, 9.17) is 9.47 Å². The van der Waals surface area contributed by atoms with Crippen LogP contribution < -0.4 is 9.47 Å². The smallest absolute Gasteiger partial charge is 0.234 e. The van der Waals surface area contributed by atoms with Crippen LogP contribution in [0.2, 0.25) is 0 Å². The Morgan fingerprint density at radius 2 is 1.20 bits per heavy atom. The lowest BCUT2D eigenvalue weighted by Crippen LogP contribution is -2.33. The average molecular weight is 468 g/mol. The number of rotatable bonds is 7. The summed E-state index contributed by atoms with van der Waals surface area (Å²) >= 11 is 0. The molecule has 0 aromatic heterocycles. The van der Waals surface area contributed by atoms with Crippen LogP contribution >= 0.6 is 0 Å². The summed E-state index contributed by atoms with van der Waals surface area (Å²) in [4.78, 5) is 29.0. The molecule has 5 heteroatoms. The van der Waals surface area contributed by atoms with E-state index < -0.39 is 11.8 Å². The van der Waals surface area contributed by atoms with Crippen molar-refractivity contribution in [1.29, 1.82) is 0 Å². The van der Waals surface area contributed by atoms with E-state index >= 15 is 0 Å². The van der Waals surface area contributed by atoms with Crippen molar-refractivity contribution >= 4 is 11.8 Å². The quantitative estimate of drug-likeness (QED) is 0.363. The van der Waals surface area contributed by atoms with E-state index in [1.165, 1.54) is 4.90 Å². The summed E-state index contributed by atoms with van der Waals surface area (Å²) in [7, 11) is 3.20. The average Bonchev–Trinajstić information content (AvgIpc) is 3.17. The number of fused-ring (bicyclic) bond motifs is 1. The molecular formula is C30H29NO4. The number of benzene rings is 3. The molecule has 0 saturated carbocycles. The molecule has 1 aliphatic heterocycles. The summed E-state index contributed by atoms with van der Waals surface area (Å²) < 4.78 is 10.7. The largest absolute Gasteiger partial charge is 0.493 e. The van der Waals surface area contributed by atoms with Crippen LogP contribution in [0.3, 0.4) is 0 Å². The minimum atomic E-state index is -0.412. The zero-order valence-electron chi connectivity index (χ0n) is 20.0. The number of allylic oxidation sites excluding steroid dienone is 2. The third-order valence-electron chi connectivity index (χ3n) is 7.23. The van der Waals surface area contributed by atoms with E-state index in [-0.39, 0.29) is 23.7 Å². The van der Waals surface area contributed by atoms with Gasteiger partial charge < -0.3 is 9.47 Å². The molecule has 1 saturated heterocycles. The Morgan fingerprint density at radius 1 is 0.686 bits per heavy atom. The van der Waals surface area contributed by atoms with Gasteiger partial charge in [0.1, 0.15) is 0 Å². The van der Waals surface area contributed by atoms with Crippen molar-refractivity contribution in [2.75, 3.05) is 20.8 Å². The molecule has 1 fully saturated rings. The molecule has 1 heterocycles. The lowest BCUT2D eigenvalue weighted by Gasteiger charge is -2.32. The van der Waals surface area contributed by atoms with Crippen molar-refractivity contribution in [3.05, 3.63) is 108 Å². The van der Waals surface area contributed by atoms with Gasteiger partial charge in [-0.25, -0.2) is 0 Å². The first-order valence-corrected chi connectivity index (χ1v) is 12.0. The van der Waals surface area contributed by atoms with E-state index in [1.54, 1.807) is 14.2 Å². The van der Waals surface area contributed by atoms with Gasteiger partial charge in [-0.05, 0) is 35.2 Å². The summed E-state index contributed by atoms with van der Waals surface area (Å²) in [6, 6.07) is 25.7. The van der Waals surface area contributed by atoms with Gasteiger partial charge in [0.15, 0.2) is 11.5 Å². The maximum absolute atomic E-state index is 13.8. The lowest BCUT2D eigenvalue weighted by molar-refractivity contribution is -0.139. The molecule has 0 unspecified atom stereocenters. The first kappa shape index (κ1) is 22.9. The minimum absolute atomic E-state index is 0.0837. The molecule has 3 aromatic rings. The number of ether oxygens (including phenoxy) is 2. The van der Waals surface area contributed by atoms with E-state index in [2.05, 4.69) is 12.2 Å². The number of methoxy groups -OCH3 is 2. The second-order valence-electron chi connectivity index (χ2n) is 9.08. The Kier molecular flexibility index (Phi) is 6.41. The third kappa shape index (κ3) is 4.23. The second-order valence-corrected chi connectivity index (χ2v) is 9.08. The van der Waals surface area contributed by atoms with Gasteiger partial charge in [0.05, 0.1) is 26.1 Å². The molecule has 5 rings (SSSR count). The minimum Gasteiger partial charge on any atom is -0.493 e. The van der Waals surface area contributed by atoms with Crippen LogP contribution in [0.25, 0.3) is 0 Å². The van der Waals surface area contributed by atoms with Crippen LogP contribution in [-0.2, 0) is 16.0 Å². The van der Waals surface area contributed by atoms with Crippen LogP contribution in [-0.4, -0.2) is 37.5 Å². The lowest BCUT2D eigenvalue weighted by atomic mass is 9.68. The van der Waals surface area contributed by atoms with Gasteiger partial charge in [-0.2, -0.15) is 0 Å². The summed E-state index contributed by atoms with van der Waals surface area (Å²) in [6.07, 6.45) is 4.80. The first-order chi connectivity index (χ1) is 17.1. The molecule has 0 radical (unpaired) electrons. The van der Waals surface area contributed by atoms with Gasteiger partial charge in [0.25, 0.3) is 0 Å². The zero-order valence-corrected chi connectivity index (χ0v) is 20.0. The number of hydrogen-bond acceptors (Lipinski definition) is 4. The van der Waals surface area contributed by atoms with Crippen LogP contribution in [0.15, 0.2) is 91.0 Å². The molecule has 4 atom stereocenters. The normalized spacial score (nSPS) is 23.3. The highest BCUT2D eigenvalue weighted by molar-refractivity contribution is 6.06. The van der Waals surface area contributed by atoms with Crippen molar-refractivity contribution in [2.45, 2.75) is 18.3 Å². The van der Waals surface area contributed by atoms with Crippen LogP contribution in [0.1, 0.15) is 28.5 Å².